The molecule has 1 N–H and O–H groups in total. The molecule has 0 bridgehead atoms. The van der Waals surface area contributed by atoms with Crippen LogP contribution in [0.4, 0.5) is 0 Å². The van der Waals surface area contributed by atoms with E-state index in [4.69, 9.17) is 0 Å². The van der Waals surface area contributed by atoms with Crippen molar-refractivity contribution in [3.63, 3.8) is 0 Å². The summed E-state index contributed by atoms with van der Waals surface area (Å²) in [6.07, 6.45) is 3.88. The van der Waals surface area contributed by atoms with Crippen LogP contribution in [0, 0.1) is 6.92 Å². The number of hydrogen-bond donors (Lipinski definition) is 1. The molecule has 0 spiro atoms. The van der Waals surface area contributed by atoms with Crippen LogP contribution < -0.4 is 5.32 Å². The van der Waals surface area contributed by atoms with E-state index in [9.17, 15) is 4.79 Å². The lowest BCUT2D eigenvalue weighted by molar-refractivity contribution is 0.0944. The first-order chi connectivity index (χ1) is 10.2. The van der Waals surface area contributed by atoms with Crippen molar-refractivity contribution < 1.29 is 4.79 Å². The van der Waals surface area contributed by atoms with Crippen LogP contribution in [-0.4, -0.2) is 30.6 Å². The Morgan fingerprint density at radius 1 is 1.48 bits per heavy atom. The Hall–Kier alpha value is -1.80. The second-order valence-corrected chi connectivity index (χ2v) is 6.78. The molecule has 21 heavy (non-hydrogen) atoms. The van der Waals surface area contributed by atoms with E-state index >= 15 is 0 Å². The number of nitrogens with one attached hydrogen (secondary N) is 1. The molecule has 0 radical (unpaired) electrons. The van der Waals surface area contributed by atoms with Gasteiger partial charge < -0.3 is 9.88 Å². The van der Waals surface area contributed by atoms with Crippen molar-refractivity contribution in [2.45, 2.75) is 25.2 Å². The van der Waals surface area contributed by atoms with Crippen LogP contribution in [0.5, 0.6) is 0 Å². The highest BCUT2D eigenvalue weighted by Crippen LogP contribution is 2.24. The van der Waals surface area contributed by atoms with E-state index in [1.807, 2.05) is 29.1 Å². The van der Waals surface area contributed by atoms with Gasteiger partial charge in [0, 0.05) is 30.1 Å². The quantitative estimate of drug-likeness (QED) is 0.801. The van der Waals surface area contributed by atoms with E-state index < -0.39 is 0 Å². The highest BCUT2D eigenvalue weighted by Gasteiger charge is 2.18. The van der Waals surface area contributed by atoms with Crippen LogP contribution in [0.15, 0.2) is 22.9 Å². The van der Waals surface area contributed by atoms with E-state index in [0.717, 1.165) is 33.8 Å². The fourth-order valence-corrected chi connectivity index (χ4v) is 4.19. The van der Waals surface area contributed by atoms with Gasteiger partial charge in [0.2, 0.25) is 0 Å². The number of thioether (sulfide) groups is 1. The summed E-state index contributed by atoms with van der Waals surface area (Å²) in [7, 11) is 0. The molecule has 3 aromatic rings. The number of aromatic nitrogens is 4. The first-order valence-corrected chi connectivity index (χ1v) is 8.48. The zero-order valence-corrected chi connectivity index (χ0v) is 13.0. The molecule has 108 valence electrons. The Balaban J connectivity index is 1.52. The molecular formula is C13H13N5OS2. The van der Waals surface area contributed by atoms with Gasteiger partial charge in [0.1, 0.15) is 5.69 Å². The van der Waals surface area contributed by atoms with Crippen molar-refractivity contribution in [1.29, 1.82) is 0 Å². The fourth-order valence-electron chi connectivity index (χ4n) is 2.47. The maximum absolute atomic E-state index is 12.4. The zero-order chi connectivity index (χ0) is 14.4. The van der Waals surface area contributed by atoms with Crippen molar-refractivity contribution in [1.82, 2.24) is 24.3 Å². The summed E-state index contributed by atoms with van der Waals surface area (Å²) >= 11 is 3.28. The number of imidazole rings is 2. The lowest BCUT2D eigenvalue weighted by atomic mass is 10.3. The molecule has 8 heteroatoms. The summed E-state index contributed by atoms with van der Waals surface area (Å²) in [4.78, 5) is 22.1. The topological polar surface area (TPSA) is 64.2 Å². The van der Waals surface area contributed by atoms with Crippen molar-refractivity contribution in [3.8, 4) is 0 Å². The molecule has 6 nitrogen and oxygen atoms in total. The van der Waals surface area contributed by atoms with Crippen LogP contribution in [0.3, 0.4) is 0 Å². The van der Waals surface area contributed by atoms with E-state index in [-0.39, 0.29) is 5.91 Å². The first kappa shape index (κ1) is 12.9. The van der Waals surface area contributed by atoms with Crippen LogP contribution >= 0.6 is 23.1 Å². The van der Waals surface area contributed by atoms with Gasteiger partial charge in [0.15, 0.2) is 10.1 Å². The number of thiazole rings is 1. The lowest BCUT2D eigenvalue weighted by Crippen LogP contribution is -2.25. The van der Waals surface area contributed by atoms with Gasteiger partial charge in [0.05, 0.1) is 17.9 Å². The molecular weight excluding hydrogens is 306 g/mol. The maximum Gasteiger partial charge on any atom is 0.270 e. The smallest absolute Gasteiger partial charge is 0.270 e. The summed E-state index contributed by atoms with van der Waals surface area (Å²) in [5.41, 5.74) is 2.25. The minimum Gasteiger partial charge on any atom is -0.345 e. The third-order valence-electron chi connectivity index (χ3n) is 3.43. The molecule has 0 aliphatic carbocycles. The SMILES string of the molecule is Cc1nc2sccn2c1C(=O)NCc1cn2c(n1)SCC2. The number of carbonyl (C=O) groups excluding carboxylic acids is 1. The van der Waals surface area contributed by atoms with Gasteiger partial charge >= 0.3 is 0 Å². The molecule has 0 aromatic carbocycles. The van der Waals surface area contributed by atoms with Gasteiger partial charge in [-0.3, -0.25) is 9.20 Å². The van der Waals surface area contributed by atoms with Crippen molar-refractivity contribution in [2.24, 2.45) is 0 Å². The number of aryl methyl sites for hydroxylation is 2. The predicted octanol–water partition coefficient (Wildman–Crippen LogP) is 1.94. The molecule has 0 unspecified atom stereocenters. The maximum atomic E-state index is 12.4. The van der Waals surface area contributed by atoms with Crippen molar-refractivity contribution >= 4 is 34.0 Å². The van der Waals surface area contributed by atoms with E-state index in [1.54, 1.807) is 11.8 Å². The molecule has 0 saturated carbocycles. The van der Waals surface area contributed by atoms with Crippen LogP contribution in [0.25, 0.3) is 4.96 Å². The molecule has 1 aliphatic rings. The normalized spacial score (nSPS) is 13.8. The average Bonchev–Trinajstić information content (AvgIpc) is 3.14. The highest BCUT2D eigenvalue weighted by atomic mass is 32.2. The number of amides is 1. The monoisotopic (exact) mass is 319 g/mol. The third kappa shape index (κ3) is 2.14. The van der Waals surface area contributed by atoms with Gasteiger partial charge in [-0.25, -0.2) is 9.97 Å². The summed E-state index contributed by atoms with van der Waals surface area (Å²) < 4.78 is 3.96. The minimum absolute atomic E-state index is 0.112. The molecule has 3 aromatic heterocycles. The summed E-state index contributed by atoms with van der Waals surface area (Å²) in [6, 6.07) is 0. The zero-order valence-electron chi connectivity index (χ0n) is 11.4. The van der Waals surface area contributed by atoms with Gasteiger partial charge in [0.25, 0.3) is 5.91 Å². The van der Waals surface area contributed by atoms with Gasteiger partial charge in [-0.1, -0.05) is 11.8 Å². The molecule has 4 rings (SSSR count). The molecule has 0 fully saturated rings. The molecule has 1 amide bonds. The van der Waals surface area contributed by atoms with Crippen LogP contribution in [0.2, 0.25) is 0 Å². The third-order valence-corrected chi connectivity index (χ3v) is 5.16. The van der Waals surface area contributed by atoms with Gasteiger partial charge in [-0.15, -0.1) is 11.3 Å². The number of rotatable bonds is 3. The average molecular weight is 319 g/mol. The fraction of sp³-hybridized carbons (Fsp3) is 0.308. The summed E-state index contributed by atoms with van der Waals surface area (Å²) in [5.74, 6) is 0.972. The van der Waals surface area contributed by atoms with E-state index in [2.05, 4.69) is 19.9 Å². The largest absolute Gasteiger partial charge is 0.345 e. The Morgan fingerprint density at radius 2 is 2.38 bits per heavy atom. The molecule has 4 heterocycles. The summed E-state index contributed by atoms with van der Waals surface area (Å²) in [5, 5.41) is 5.90. The Morgan fingerprint density at radius 3 is 3.24 bits per heavy atom. The number of hydrogen-bond acceptors (Lipinski definition) is 5. The standard InChI is InChI=1S/C13H13N5OS2/c1-8-10(18-3-5-21-13(18)15-8)11(19)14-6-9-7-17-2-4-20-12(17)16-9/h3,5,7H,2,4,6H2,1H3,(H,14,19). The predicted molar refractivity (Wildman–Crippen MR) is 81.9 cm³/mol. The Labute approximate surface area is 129 Å². The first-order valence-electron chi connectivity index (χ1n) is 6.61. The van der Waals surface area contributed by atoms with Crippen LogP contribution in [0.1, 0.15) is 21.9 Å². The molecule has 0 atom stereocenters. The Kier molecular flexibility index (Phi) is 3.00. The minimum atomic E-state index is -0.112. The number of carbonyl (C=O) groups is 1. The molecule has 1 aliphatic heterocycles. The van der Waals surface area contributed by atoms with E-state index in [1.165, 1.54) is 11.3 Å². The Bertz CT molecular complexity index is 809. The van der Waals surface area contributed by atoms with E-state index in [0.29, 0.717) is 12.2 Å². The van der Waals surface area contributed by atoms with Gasteiger partial charge in [-0.2, -0.15) is 0 Å². The van der Waals surface area contributed by atoms with Crippen LogP contribution in [-0.2, 0) is 13.1 Å². The van der Waals surface area contributed by atoms with Crippen molar-refractivity contribution in [2.75, 3.05) is 5.75 Å². The van der Waals surface area contributed by atoms with Gasteiger partial charge in [-0.05, 0) is 6.92 Å². The summed E-state index contributed by atoms with van der Waals surface area (Å²) in [6.45, 7) is 3.30. The van der Waals surface area contributed by atoms with Crippen molar-refractivity contribution in [3.05, 3.63) is 34.9 Å². The number of fused-ring (bicyclic) bond motifs is 2. The lowest BCUT2D eigenvalue weighted by Gasteiger charge is -2.03. The second kappa shape index (κ2) is 4.88. The highest BCUT2D eigenvalue weighted by molar-refractivity contribution is 7.99. The molecule has 0 saturated heterocycles. The number of nitrogens with zero attached hydrogens (tertiary/aromatic N) is 4. The second-order valence-electron chi connectivity index (χ2n) is 4.84.